The SMILES string of the molecule is CO[C@H]1O[C@H](CO[C@@H]2O[C@H](COC(C)=O)[C@H](OC(C)=O)[C@H](OC(C)=O)[C@H]2NC(=O)OCC(Cl)(Cl)Cl)[C@@H](OCc2ccccc2)[C@H](OCc2ccccc2)[C@H]1OCc1ccccc1. The number of alkyl halides is 3. The minimum atomic E-state index is -1.98. The van der Waals surface area contributed by atoms with E-state index in [0.29, 0.717) is 0 Å². The van der Waals surface area contributed by atoms with E-state index >= 15 is 0 Å². The van der Waals surface area contributed by atoms with Gasteiger partial charge in [0.05, 0.1) is 26.4 Å². The van der Waals surface area contributed by atoms with Crippen LogP contribution in [0.2, 0.25) is 0 Å². The van der Waals surface area contributed by atoms with Gasteiger partial charge in [0.25, 0.3) is 0 Å². The van der Waals surface area contributed by atoms with Crippen molar-refractivity contribution in [2.75, 3.05) is 26.9 Å². The second kappa shape index (κ2) is 24.1. The predicted octanol–water partition coefficient (Wildman–Crippen LogP) is 5.75. The fourth-order valence-corrected chi connectivity index (χ4v) is 6.95. The van der Waals surface area contributed by atoms with E-state index in [4.69, 9.17) is 86.9 Å². The number of amides is 1. The summed E-state index contributed by atoms with van der Waals surface area (Å²) in [6.45, 7) is 2.39. The first-order valence-corrected chi connectivity index (χ1v) is 20.7. The first-order chi connectivity index (χ1) is 29.7. The van der Waals surface area contributed by atoms with Gasteiger partial charge in [0.2, 0.25) is 3.79 Å². The molecule has 0 bridgehead atoms. The van der Waals surface area contributed by atoms with E-state index in [2.05, 4.69) is 5.32 Å². The van der Waals surface area contributed by atoms with Crippen molar-refractivity contribution in [1.82, 2.24) is 5.32 Å². The van der Waals surface area contributed by atoms with Crippen LogP contribution in [0.1, 0.15) is 37.5 Å². The monoisotopic (exact) mass is 925 g/mol. The Hall–Kier alpha value is -4.07. The number of methoxy groups -OCH3 is 1. The molecule has 0 spiro atoms. The van der Waals surface area contributed by atoms with Crippen LogP contribution in [-0.4, -0.2) is 116 Å². The Bertz CT molecular complexity index is 1860. The zero-order chi connectivity index (χ0) is 44.6. The van der Waals surface area contributed by atoms with Crippen LogP contribution in [-0.2, 0) is 86.3 Å². The van der Waals surface area contributed by atoms with E-state index in [1.54, 1.807) is 0 Å². The predicted molar refractivity (Wildman–Crippen MR) is 222 cm³/mol. The first-order valence-electron chi connectivity index (χ1n) is 19.6. The highest BCUT2D eigenvalue weighted by atomic mass is 35.6. The van der Waals surface area contributed by atoms with Gasteiger partial charge in [-0.25, -0.2) is 4.79 Å². The Kier molecular flexibility index (Phi) is 19.0. The summed E-state index contributed by atoms with van der Waals surface area (Å²) in [5.41, 5.74) is 2.63. The average molecular weight is 927 g/mol. The smallest absolute Gasteiger partial charge is 0.407 e. The summed E-state index contributed by atoms with van der Waals surface area (Å²) in [6, 6.07) is 27.1. The summed E-state index contributed by atoms with van der Waals surface area (Å²) >= 11 is 17.5. The molecule has 10 atom stereocenters. The van der Waals surface area contributed by atoms with Gasteiger partial charge in [0, 0.05) is 27.9 Å². The van der Waals surface area contributed by atoms with Crippen molar-refractivity contribution in [3.8, 4) is 0 Å². The lowest BCUT2D eigenvalue weighted by atomic mass is 9.95. The van der Waals surface area contributed by atoms with Gasteiger partial charge >= 0.3 is 24.0 Å². The summed E-state index contributed by atoms with van der Waals surface area (Å²) in [7, 11) is 1.46. The second-order valence-corrected chi connectivity index (χ2v) is 16.8. The summed E-state index contributed by atoms with van der Waals surface area (Å²) < 4.78 is 64.6. The van der Waals surface area contributed by atoms with Gasteiger partial charge in [0.15, 0.2) is 24.8 Å². The van der Waals surface area contributed by atoms with Crippen LogP contribution < -0.4 is 5.32 Å². The molecule has 0 radical (unpaired) electrons. The summed E-state index contributed by atoms with van der Waals surface area (Å²) in [5.74, 6) is -2.31. The molecule has 2 aliphatic rings. The van der Waals surface area contributed by atoms with Gasteiger partial charge < -0.3 is 57.4 Å². The number of halogens is 3. The van der Waals surface area contributed by atoms with Gasteiger partial charge in [-0.2, -0.15) is 0 Å². The van der Waals surface area contributed by atoms with Crippen molar-refractivity contribution in [3.63, 3.8) is 0 Å². The number of carbonyl (C=O) groups excluding carboxylic acids is 4. The maximum atomic E-state index is 13.2. The molecule has 2 aliphatic heterocycles. The zero-order valence-electron chi connectivity index (χ0n) is 34.4. The molecule has 0 saturated carbocycles. The second-order valence-electron chi connectivity index (χ2n) is 14.3. The molecule has 338 valence electrons. The quantitative estimate of drug-likeness (QED) is 0.0872. The molecule has 2 heterocycles. The highest BCUT2D eigenvalue weighted by Gasteiger charge is 2.54. The first kappa shape index (κ1) is 49.0. The number of nitrogens with one attached hydrogen (secondary N) is 1. The molecule has 0 aliphatic carbocycles. The van der Waals surface area contributed by atoms with Crippen molar-refractivity contribution < 1.29 is 71.3 Å². The third-order valence-corrected chi connectivity index (χ3v) is 9.78. The Morgan fingerprint density at radius 1 is 0.565 bits per heavy atom. The van der Waals surface area contributed by atoms with E-state index in [1.165, 1.54) is 14.0 Å². The highest BCUT2D eigenvalue weighted by molar-refractivity contribution is 6.67. The Morgan fingerprint density at radius 2 is 1.03 bits per heavy atom. The van der Waals surface area contributed by atoms with Crippen molar-refractivity contribution in [1.29, 1.82) is 0 Å². The minimum absolute atomic E-state index is 0.127. The number of hydrogen-bond acceptors (Lipinski definition) is 15. The number of carbonyl (C=O) groups is 4. The molecule has 16 nitrogen and oxygen atoms in total. The fraction of sp³-hybridized carbons (Fsp3) is 0.488. The Balaban J connectivity index is 1.51. The normalized spacial score (nSPS) is 26.2. The number of esters is 3. The molecule has 0 unspecified atom stereocenters. The van der Waals surface area contributed by atoms with Crippen molar-refractivity contribution >= 4 is 58.8 Å². The molecule has 0 aromatic heterocycles. The molecule has 1 amide bonds. The van der Waals surface area contributed by atoms with Crippen LogP contribution in [0.15, 0.2) is 91.0 Å². The molecule has 1 N–H and O–H groups in total. The van der Waals surface area contributed by atoms with Crippen LogP contribution in [0.4, 0.5) is 4.79 Å². The van der Waals surface area contributed by atoms with Crippen molar-refractivity contribution in [2.45, 2.75) is 106 Å². The summed E-state index contributed by atoms with van der Waals surface area (Å²) in [6.07, 6.45) is -11.5. The molecular formula is C43H50Cl3NO15. The van der Waals surface area contributed by atoms with Crippen LogP contribution in [0, 0.1) is 0 Å². The lowest BCUT2D eigenvalue weighted by Gasteiger charge is -2.47. The standard InChI is InChI=1S/C43H50Cl3NO15/c1-26(48)53-23-33-36(59-27(2)49)37(60-28(3)50)34(47-42(51)58-25-43(44,45)46)40(61-33)57-24-32-35(54-20-29-14-8-5-9-15-29)38(55-21-30-16-10-6-11-17-30)39(41(52-4)62-32)56-22-31-18-12-7-13-19-31/h5-19,32-41H,20-25H2,1-4H3,(H,47,51)/t32-,33-,34-,35-,36+,37-,38+,39-,40-,41+/m1/s1. The molecular weight excluding hydrogens is 877 g/mol. The largest absolute Gasteiger partial charge is 0.463 e. The van der Waals surface area contributed by atoms with Crippen LogP contribution in [0.25, 0.3) is 0 Å². The Morgan fingerprint density at radius 3 is 1.52 bits per heavy atom. The van der Waals surface area contributed by atoms with Crippen LogP contribution in [0.5, 0.6) is 0 Å². The van der Waals surface area contributed by atoms with E-state index in [-0.39, 0.29) is 26.4 Å². The molecule has 5 rings (SSSR count). The number of alkyl carbamates (subject to hydrolysis) is 1. The lowest BCUT2D eigenvalue weighted by Crippen LogP contribution is -2.67. The minimum Gasteiger partial charge on any atom is -0.463 e. The van der Waals surface area contributed by atoms with Crippen molar-refractivity contribution in [2.24, 2.45) is 0 Å². The lowest BCUT2D eigenvalue weighted by molar-refractivity contribution is -0.335. The molecule has 62 heavy (non-hydrogen) atoms. The van der Waals surface area contributed by atoms with E-state index in [0.717, 1.165) is 30.5 Å². The van der Waals surface area contributed by atoms with E-state index in [1.807, 2.05) is 91.0 Å². The third kappa shape index (κ3) is 15.3. The number of ether oxygens (including phenoxy) is 11. The number of benzene rings is 3. The van der Waals surface area contributed by atoms with E-state index < -0.39 is 102 Å². The number of rotatable bonds is 19. The molecule has 2 saturated heterocycles. The van der Waals surface area contributed by atoms with E-state index in [9.17, 15) is 19.2 Å². The van der Waals surface area contributed by atoms with Gasteiger partial charge in [-0.3, -0.25) is 14.4 Å². The highest BCUT2D eigenvalue weighted by Crippen LogP contribution is 2.34. The van der Waals surface area contributed by atoms with Crippen molar-refractivity contribution in [3.05, 3.63) is 108 Å². The van der Waals surface area contributed by atoms with Gasteiger partial charge in [-0.15, -0.1) is 0 Å². The molecule has 19 heteroatoms. The molecule has 3 aromatic rings. The van der Waals surface area contributed by atoms with Gasteiger partial charge in [0.1, 0.15) is 49.8 Å². The van der Waals surface area contributed by atoms with Crippen LogP contribution in [0.3, 0.4) is 0 Å². The number of hydrogen-bond donors (Lipinski definition) is 1. The average Bonchev–Trinajstić information content (AvgIpc) is 3.24. The van der Waals surface area contributed by atoms with Gasteiger partial charge in [-0.1, -0.05) is 126 Å². The summed E-state index contributed by atoms with van der Waals surface area (Å²) in [5, 5.41) is 2.53. The molecule has 3 aromatic carbocycles. The summed E-state index contributed by atoms with van der Waals surface area (Å²) in [4.78, 5) is 50.2. The van der Waals surface area contributed by atoms with Gasteiger partial charge in [-0.05, 0) is 16.7 Å². The topological polar surface area (TPSA) is 182 Å². The fourth-order valence-electron chi connectivity index (χ4n) is 6.78. The zero-order valence-corrected chi connectivity index (χ0v) is 36.7. The van der Waals surface area contributed by atoms with Crippen LogP contribution >= 0.6 is 34.8 Å². The third-order valence-electron chi connectivity index (χ3n) is 9.46. The maximum absolute atomic E-state index is 13.2. The molecule has 2 fully saturated rings. The Labute approximate surface area is 374 Å². The maximum Gasteiger partial charge on any atom is 0.407 e.